The van der Waals surface area contributed by atoms with Gasteiger partial charge in [-0.3, -0.25) is 14.5 Å². The third kappa shape index (κ3) is 2.14. The largest absolute Gasteiger partial charge is 0.289 e. The lowest BCUT2D eigenvalue weighted by atomic mass is 10.1. The average Bonchev–Trinajstić information content (AvgIpc) is 2.85. The summed E-state index contributed by atoms with van der Waals surface area (Å²) >= 11 is 1.06. The Kier molecular flexibility index (Phi) is 3.08. The molecule has 4 rings (SSSR count). The van der Waals surface area contributed by atoms with Crippen molar-refractivity contribution < 1.29 is 9.59 Å². The average molecular weight is 308 g/mol. The molecule has 1 aromatic heterocycles. The van der Waals surface area contributed by atoms with Crippen molar-refractivity contribution in [2.45, 2.75) is 6.54 Å². The highest BCUT2D eigenvalue weighted by molar-refractivity contribution is 8.14. The van der Waals surface area contributed by atoms with E-state index in [1.807, 2.05) is 42.5 Å². The van der Waals surface area contributed by atoms with Crippen molar-refractivity contribution in [3.8, 4) is 0 Å². The number of rotatable bonds is 2. The minimum atomic E-state index is -0.171. The second-order valence-corrected chi connectivity index (χ2v) is 6.13. The number of amides is 2. The minimum absolute atomic E-state index is 0.124. The Labute approximate surface area is 131 Å². The third-order valence-electron chi connectivity index (χ3n) is 3.82. The van der Waals surface area contributed by atoms with Crippen molar-refractivity contribution >= 4 is 44.7 Å². The predicted octanol–water partition coefficient (Wildman–Crippen LogP) is 3.58. The summed E-state index contributed by atoms with van der Waals surface area (Å²) in [6.45, 7) is 0.308. The zero-order valence-corrected chi connectivity index (χ0v) is 12.5. The summed E-state index contributed by atoms with van der Waals surface area (Å²) in [7, 11) is 0. The molecule has 0 spiro atoms. The molecule has 1 aliphatic heterocycles. The number of para-hydroxylation sites is 1. The third-order valence-corrected chi connectivity index (χ3v) is 4.68. The maximum atomic E-state index is 11.8. The van der Waals surface area contributed by atoms with Crippen LogP contribution in [0.2, 0.25) is 0 Å². The van der Waals surface area contributed by atoms with Gasteiger partial charge in [-0.15, -0.1) is 0 Å². The van der Waals surface area contributed by atoms with Gasteiger partial charge in [0.2, 0.25) is 5.91 Å². The molecule has 1 aliphatic rings. The number of thioether (sulfide) groups is 1. The van der Waals surface area contributed by atoms with Crippen molar-refractivity contribution in [1.29, 1.82) is 0 Å². The fourth-order valence-electron chi connectivity index (χ4n) is 2.70. The molecule has 4 nitrogen and oxygen atoms in total. The van der Waals surface area contributed by atoms with Gasteiger partial charge in [0.15, 0.2) is 0 Å². The normalized spacial score (nSPS) is 15.2. The first kappa shape index (κ1) is 13.3. The lowest BCUT2D eigenvalue weighted by Gasteiger charge is -2.14. The van der Waals surface area contributed by atoms with Gasteiger partial charge in [-0.25, -0.2) is 4.98 Å². The van der Waals surface area contributed by atoms with E-state index in [1.54, 1.807) is 0 Å². The summed E-state index contributed by atoms with van der Waals surface area (Å²) < 4.78 is 0. The van der Waals surface area contributed by atoms with E-state index in [0.29, 0.717) is 6.54 Å². The van der Waals surface area contributed by atoms with Gasteiger partial charge in [0.1, 0.15) is 0 Å². The van der Waals surface area contributed by atoms with E-state index in [-0.39, 0.29) is 16.9 Å². The standard InChI is InChI=1S/C17H12N2O2S/c20-16-10-22-17(21)19(16)9-12-5-3-7-15-13(12)8-11-4-1-2-6-14(11)18-15/h1-8H,9-10H2. The summed E-state index contributed by atoms with van der Waals surface area (Å²) in [4.78, 5) is 29.6. The maximum absolute atomic E-state index is 11.8. The first-order valence-electron chi connectivity index (χ1n) is 6.97. The van der Waals surface area contributed by atoms with Gasteiger partial charge >= 0.3 is 0 Å². The fraction of sp³-hybridized carbons (Fsp3) is 0.118. The van der Waals surface area contributed by atoms with Crippen LogP contribution in [0.15, 0.2) is 48.5 Å². The van der Waals surface area contributed by atoms with Crippen molar-refractivity contribution in [1.82, 2.24) is 9.88 Å². The quantitative estimate of drug-likeness (QED) is 0.679. The molecule has 2 heterocycles. The Morgan fingerprint density at radius 1 is 1.05 bits per heavy atom. The molecule has 0 saturated carbocycles. The van der Waals surface area contributed by atoms with Crippen molar-refractivity contribution in [3.63, 3.8) is 0 Å². The fourth-order valence-corrected chi connectivity index (χ4v) is 3.43. The Morgan fingerprint density at radius 3 is 2.68 bits per heavy atom. The lowest BCUT2D eigenvalue weighted by molar-refractivity contribution is -0.124. The van der Waals surface area contributed by atoms with Crippen LogP contribution in [-0.2, 0) is 11.3 Å². The van der Waals surface area contributed by atoms with Crippen LogP contribution in [0.3, 0.4) is 0 Å². The molecule has 2 amide bonds. The Hall–Kier alpha value is -2.40. The van der Waals surface area contributed by atoms with E-state index in [1.165, 1.54) is 4.90 Å². The summed E-state index contributed by atoms with van der Waals surface area (Å²) in [6, 6.07) is 15.8. The van der Waals surface area contributed by atoms with Crippen molar-refractivity contribution in [2.24, 2.45) is 0 Å². The zero-order chi connectivity index (χ0) is 15.1. The number of benzene rings is 2. The number of hydrogen-bond acceptors (Lipinski definition) is 4. The molecule has 5 heteroatoms. The molecule has 108 valence electrons. The number of nitrogens with zero attached hydrogens (tertiary/aromatic N) is 2. The number of hydrogen-bond donors (Lipinski definition) is 0. The molecule has 1 saturated heterocycles. The summed E-state index contributed by atoms with van der Waals surface area (Å²) in [5.41, 5.74) is 2.76. The van der Waals surface area contributed by atoms with Crippen molar-refractivity contribution in [3.05, 3.63) is 54.1 Å². The van der Waals surface area contributed by atoms with Gasteiger partial charge in [0.05, 0.1) is 23.3 Å². The molecular formula is C17H12N2O2S. The molecule has 0 atom stereocenters. The number of pyridine rings is 1. The maximum Gasteiger partial charge on any atom is 0.289 e. The Balaban J connectivity index is 1.85. The van der Waals surface area contributed by atoms with Crippen LogP contribution in [0, 0.1) is 0 Å². The Bertz CT molecular complexity index is 907. The van der Waals surface area contributed by atoms with Crippen LogP contribution in [0.4, 0.5) is 4.79 Å². The van der Waals surface area contributed by atoms with Crippen LogP contribution < -0.4 is 0 Å². The molecule has 0 radical (unpaired) electrons. The molecule has 22 heavy (non-hydrogen) atoms. The number of carbonyl (C=O) groups is 2. The van der Waals surface area contributed by atoms with Crippen LogP contribution in [0.25, 0.3) is 21.8 Å². The van der Waals surface area contributed by atoms with Gasteiger partial charge in [-0.2, -0.15) is 0 Å². The highest BCUT2D eigenvalue weighted by Crippen LogP contribution is 2.26. The molecular weight excluding hydrogens is 296 g/mol. The van der Waals surface area contributed by atoms with Crippen LogP contribution in [0.1, 0.15) is 5.56 Å². The molecule has 1 fully saturated rings. The number of carbonyl (C=O) groups excluding carboxylic acids is 2. The van der Waals surface area contributed by atoms with Crippen LogP contribution in [0.5, 0.6) is 0 Å². The Morgan fingerprint density at radius 2 is 1.86 bits per heavy atom. The smallest absolute Gasteiger partial charge is 0.273 e. The van der Waals surface area contributed by atoms with Crippen LogP contribution >= 0.6 is 11.8 Å². The van der Waals surface area contributed by atoms with Crippen molar-refractivity contribution in [2.75, 3.05) is 5.75 Å². The van der Waals surface area contributed by atoms with E-state index in [0.717, 1.165) is 39.1 Å². The van der Waals surface area contributed by atoms with Crippen LogP contribution in [-0.4, -0.2) is 26.8 Å². The van der Waals surface area contributed by atoms with E-state index in [4.69, 9.17) is 0 Å². The number of imide groups is 1. The van der Waals surface area contributed by atoms with Gasteiger partial charge in [-0.05, 0) is 23.8 Å². The predicted molar refractivity (Wildman–Crippen MR) is 87.7 cm³/mol. The van der Waals surface area contributed by atoms with Gasteiger partial charge in [0, 0.05) is 10.8 Å². The van der Waals surface area contributed by atoms with E-state index in [9.17, 15) is 9.59 Å². The van der Waals surface area contributed by atoms with E-state index >= 15 is 0 Å². The number of aromatic nitrogens is 1. The lowest BCUT2D eigenvalue weighted by Crippen LogP contribution is -2.27. The van der Waals surface area contributed by atoms with Gasteiger partial charge < -0.3 is 0 Å². The second kappa shape index (κ2) is 5.10. The molecule has 0 N–H and O–H groups in total. The molecule has 2 aromatic carbocycles. The first-order valence-corrected chi connectivity index (χ1v) is 7.95. The number of fused-ring (bicyclic) bond motifs is 2. The molecule has 0 aliphatic carbocycles. The van der Waals surface area contributed by atoms with Gasteiger partial charge in [-0.1, -0.05) is 42.1 Å². The summed E-state index contributed by atoms with van der Waals surface area (Å²) in [6.07, 6.45) is 0. The topological polar surface area (TPSA) is 50.3 Å². The monoisotopic (exact) mass is 308 g/mol. The first-order chi connectivity index (χ1) is 10.7. The highest BCUT2D eigenvalue weighted by atomic mass is 32.2. The minimum Gasteiger partial charge on any atom is -0.273 e. The molecule has 3 aromatic rings. The van der Waals surface area contributed by atoms with E-state index < -0.39 is 0 Å². The SMILES string of the molecule is O=C1CSC(=O)N1Cc1cccc2nc3ccccc3cc12. The molecule has 0 bridgehead atoms. The summed E-state index contributed by atoms with van der Waals surface area (Å²) in [5, 5.41) is 1.87. The second-order valence-electron chi connectivity index (χ2n) is 5.20. The zero-order valence-electron chi connectivity index (χ0n) is 11.7. The van der Waals surface area contributed by atoms with Gasteiger partial charge in [0.25, 0.3) is 5.24 Å². The highest BCUT2D eigenvalue weighted by Gasteiger charge is 2.30. The van der Waals surface area contributed by atoms with E-state index in [2.05, 4.69) is 11.1 Å². The molecule has 0 unspecified atom stereocenters. The summed E-state index contributed by atoms with van der Waals surface area (Å²) in [5.74, 6) is 0.117.